The summed E-state index contributed by atoms with van der Waals surface area (Å²) in [6, 6.07) is 0. The lowest BCUT2D eigenvalue weighted by Crippen LogP contribution is -2.15. The van der Waals surface area contributed by atoms with Crippen LogP contribution in [-0.4, -0.2) is 33.4 Å². The van der Waals surface area contributed by atoms with Gasteiger partial charge in [-0.1, -0.05) is 6.92 Å². The second-order valence-corrected chi connectivity index (χ2v) is 7.39. The molecule has 2 unspecified atom stereocenters. The van der Waals surface area contributed by atoms with Crippen molar-refractivity contribution in [1.82, 2.24) is 4.98 Å². The van der Waals surface area contributed by atoms with Gasteiger partial charge in [0.15, 0.2) is 5.78 Å². The first-order valence-corrected chi connectivity index (χ1v) is 8.51. The fourth-order valence-corrected chi connectivity index (χ4v) is 5.66. The summed E-state index contributed by atoms with van der Waals surface area (Å²) < 4.78 is 0. The molecule has 6 heteroatoms. The van der Waals surface area contributed by atoms with Gasteiger partial charge in [0, 0.05) is 22.1 Å². The summed E-state index contributed by atoms with van der Waals surface area (Å²) in [5.74, 6) is 2.31. The van der Waals surface area contributed by atoms with Crippen LogP contribution in [0.5, 0.6) is 0 Å². The fourth-order valence-electron chi connectivity index (χ4n) is 1.52. The third-order valence-electron chi connectivity index (χ3n) is 2.36. The Labute approximate surface area is 113 Å². The lowest BCUT2D eigenvalue weighted by Gasteiger charge is -2.25. The van der Waals surface area contributed by atoms with Crippen molar-refractivity contribution in [2.75, 3.05) is 17.4 Å². The highest BCUT2D eigenvalue weighted by Crippen LogP contribution is 2.43. The monoisotopic (exact) mass is 293 g/mol. The Morgan fingerprint density at radius 2 is 2.31 bits per heavy atom. The van der Waals surface area contributed by atoms with Crippen LogP contribution in [0.4, 0.5) is 0 Å². The molecule has 0 amide bonds. The van der Waals surface area contributed by atoms with Crippen molar-refractivity contribution in [3.05, 3.63) is 16.1 Å². The molecule has 88 valence electrons. The van der Waals surface area contributed by atoms with Gasteiger partial charge in [-0.15, -0.1) is 34.7 Å². The molecule has 1 aromatic rings. The highest BCUT2D eigenvalue weighted by atomic mass is 35.5. The van der Waals surface area contributed by atoms with Crippen molar-refractivity contribution in [2.24, 2.45) is 0 Å². The molecular weight excluding hydrogens is 282 g/mol. The summed E-state index contributed by atoms with van der Waals surface area (Å²) in [7, 11) is 0. The summed E-state index contributed by atoms with van der Waals surface area (Å²) in [6.45, 7) is 2.23. The van der Waals surface area contributed by atoms with Crippen molar-refractivity contribution < 1.29 is 4.79 Å². The molecule has 1 saturated heterocycles. The van der Waals surface area contributed by atoms with Gasteiger partial charge in [-0.05, 0) is 0 Å². The summed E-state index contributed by atoms with van der Waals surface area (Å²) in [5, 5.41) is 3.90. The molecule has 0 spiro atoms. The van der Waals surface area contributed by atoms with E-state index < -0.39 is 0 Å². The number of thiazole rings is 1. The quantitative estimate of drug-likeness (QED) is 0.630. The van der Waals surface area contributed by atoms with Crippen LogP contribution in [-0.2, 0) is 0 Å². The number of Topliss-reactive ketones (excluding diaryl/α,β-unsaturated/α-hetero) is 1. The average Bonchev–Trinajstić information content (AvgIpc) is 2.78. The van der Waals surface area contributed by atoms with Crippen molar-refractivity contribution in [3.8, 4) is 0 Å². The average molecular weight is 294 g/mol. The molecule has 0 aliphatic carbocycles. The van der Waals surface area contributed by atoms with Gasteiger partial charge in [-0.2, -0.15) is 11.8 Å². The molecule has 0 N–H and O–H groups in total. The van der Waals surface area contributed by atoms with E-state index in [1.807, 2.05) is 28.9 Å². The zero-order chi connectivity index (χ0) is 11.5. The number of alkyl halides is 1. The Hall–Kier alpha value is 0.290. The van der Waals surface area contributed by atoms with Crippen LogP contribution in [0.25, 0.3) is 0 Å². The Morgan fingerprint density at radius 3 is 3.00 bits per heavy atom. The van der Waals surface area contributed by atoms with Gasteiger partial charge in [-0.25, -0.2) is 4.98 Å². The van der Waals surface area contributed by atoms with Crippen LogP contribution in [0.15, 0.2) is 5.38 Å². The first-order chi connectivity index (χ1) is 7.72. The Bertz CT molecular complexity index is 382. The van der Waals surface area contributed by atoms with Gasteiger partial charge in [0.25, 0.3) is 0 Å². The topological polar surface area (TPSA) is 30.0 Å². The number of thioether (sulfide) groups is 2. The molecule has 0 saturated carbocycles. The van der Waals surface area contributed by atoms with Crippen LogP contribution in [0.1, 0.15) is 27.7 Å². The zero-order valence-corrected chi connectivity index (χ0v) is 12.0. The van der Waals surface area contributed by atoms with Crippen molar-refractivity contribution >= 4 is 52.2 Å². The van der Waals surface area contributed by atoms with E-state index in [2.05, 4.69) is 11.9 Å². The summed E-state index contributed by atoms with van der Waals surface area (Å²) >= 11 is 11.0. The number of carbonyl (C=O) groups is 1. The predicted molar refractivity (Wildman–Crippen MR) is 74.3 cm³/mol. The Kier molecular flexibility index (Phi) is 4.58. The van der Waals surface area contributed by atoms with Gasteiger partial charge in [-0.3, -0.25) is 4.79 Å². The van der Waals surface area contributed by atoms with E-state index in [9.17, 15) is 4.79 Å². The van der Waals surface area contributed by atoms with Gasteiger partial charge in [0.2, 0.25) is 0 Å². The van der Waals surface area contributed by atoms with Crippen LogP contribution >= 0.6 is 46.5 Å². The van der Waals surface area contributed by atoms with E-state index >= 15 is 0 Å². The summed E-state index contributed by atoms with van der Waals surface area (Å²) in [4.78, 5) is 15.8. The molecular formula is C10H12ClNOS3. The van der Waals surface area contributed by atoms with E-state index in [0.717, 1.165) is 10.8 Å². The highest BCUT2D eigenvalue weighted by Gasteiger charge is 2.27. The van der Waals surface area contributed by atoms with Crippen LogP contribution in [0, 0.1) is 0 Å². The van der Waals surface area contributed by atoms with Crippen LogP contribution in [0.2, 0.25) is 0 Å². The first-order valence-electron chi connectivity index (χ1n) is 5.00. The molecule has 1 aromatic heterocycles. The second kappa shape index (κ2) is 5.76. The van der Waals surface area contributed by atoms with E-state index in [4.69, 9.17) is 11.6 Å². The minimum Gasteiger partial charge on any atom is -0.291 e. The second-order valence-electron chi connectivity index (χ2n) is 3.50. The van der Waals surface area contributed by atoms with Gasteiger partial charge >= 0.3 is 0 Å². The molecule has 2 nitrogen and oxygen atoms in total. The smallest absolute Gasteiger partial charge is 0.196 e. The third-order valence-corrected chi connectivity index (χ3v) is 6.78. The molecule has 0 bridgehead atoms. The molecule has 1 fully saturated rings. The molecule has 16 heavy (non-hydrogen) atoms. The molecule has 0 radical (unpaired) electrons. The summed E-state index contributed by atoms with van der Waals surface area (Å²) in [6.07, 6.45) is 0. The third kappa shape index (κ3) is 2.75. The van der Waals surface area contributed by atoms with E-state index in [1.165, 1.54) is 5.75 Å². The number of aromatic nitrogens is 1. The predicted octanol–water partition coefficient (Wildman–Crippen LogP) is 3.47. The first kappa shape index (κ1) is 12.7. The number of hydrogen-bond acceptors (Lipinski definition) is 5. The Morgan fingerprint density at radius 1 is 1.56 bits per heavy atom. The maximum absolute atomic E-state index is 11.4. The minimum absolute atomic E-state index is 0.0191. The summed E-state index contributed by atoms with van der Waals surface area (Å²) in [5.41, 5.74) is 0.526. The number of halogens is 1. The highest BCUT2D eigenvalue weighted by molar-refractivity contribution is 8.06. The van der Waals surface area contributed by atoms with E-state index in [1.54, 1.807) is 11.3 Å². The number of ketones is 1. The molecule has 0 aromatic carbocycles. The molecule has 2 rings (SSSR count). The largest absolute Gasteiger partial charge is 0.291 e. The van der Waals surface area contributed by atoms with Gasteiger partial charge in [0.05, 0.1) is 11.1 Å². The Balaban J connectivity index is 2.14. The van der Waals surface area contributed by atoms with Gasteiger partial charge < -0.3 is 0 Å². The maximum atomic E-state index is 11.4. The van der Waals surface area contributed by atoms with Crippen molar-refractivity contribution in [1.29, 1.82) is 0 Å². The van der Waals surface area contributed by atoms with Crippen molar-refractivity contribution in [3.63, 3.8) is 0 Å². The molecule has 2 heterocycles. The standard InChI is InChI=1S/C10H12ClNOS3/c1-6-9(15-3-2-14-6)10-12-7(5-16-10)8(13)4-11/h5-6,9H,2-4H2,1H3. The molecule has 2 atom stereocenters. The van der Waals surface area contributed by atoms with E-state index in [0.29, 0.717) is 16.2 Å². The SMILES string of the molecule is CC1SCCSC1c1nc(C(=O)CCl)cs1. The lowest BCUT2D eigenvalue weighted by atomic mass is 10.3. The van der Waals surface area contributed by atoms with Crippen LogP contribution in [0.3, 0.4) is 0 Å². The zero-order valence-electron chi connectivity index (χ0n) is 8.81. The number of nitrogens with zero attached hydrogens (tertiary/aromatic N) is 1. The van der Waals surface area contributed by atoms with Gasteiger partial charge in [0.1, 0.15) is 10.7 Å². The fraction of sp³-hybridized carbons (Fsp3) is 0.600. The lowest BCUT2D eigenvalue weighted by molar-refractivity contribution is 0.101. The molecule has 1 aliphatic heterocycles. The number of rotatable bonds is 3. The molecule has 1 aliphatic rings. The number of carbonyl (C=O) groups excluding carboxylic acids is 1. The van der Waals surface area contributed by atoms with Crippen LogP contribution < -0.4 is 0 Å². The normalized spacial score (nSPS) is 25.6. The maximum Gasteiger partial charge on any atom is 0.196 e. The van der Waals surface area contributed by atoms with E-state index in [-0.39, 0.29) is 11.7 Å². The van der Waals surface area contributed by atoms with Crippen molar-refractivity contribution in [2.45, 2.75) is 17.4 Å². The minimum atomic E-state index is -0.0784. The number of hydrogen-bond donors (Lipinski definition) is 0.